The molecule has 3 rings (SSSR count). The summed E-state index contributed by atoms with van der Waals surface area (Å²) in [6, 6.07) is 0.165. The number of ether oxygens (including phenoxy) is 1. The van der Waals surface area contributed by atoms with Crippen molar-refractivity contribution >= 4 is 6.09 Å². The third-order valence-corrected chi connectivity index (χ3v) is 4.25. The van der Waals surface area contributed by atoms with Crippen LogP contribution in [0.15, 0.2) is 4.52 Å². The summed E-state index contributed by atoms with van der Waals surface area (Å²) in [6.07, 6.45) is 2.87. The Labute approximate surface area is 136 Å². The second-order valence-electron chi connectivity index (χ2n) is 7.57. The number of nitrogens with one attached hydrogen (secondary N) is 1. The molecule has 128 valence electrons. The van der Waals surface area contributed by atoms with Gasteiger partial charge in [-0.3, -0.25) is 4.90 Å². The van der Waals surface area contributed by atoms with E-state index in [2.05, 4.69) is 27.3 Å². The highest BCUT2D eigenvalue weighted by Gasteiger charge is 2.33. The van der Waals surface area contributed by atoms with Crippen LogP contribution in [-0.2, 0) is 4.74 Å². The lowest BCUT2D eigenvalue weighted by Crippen LogP contribution is -2.40. The fourth-order valence-corrected chi connectivity index (χ4v) is 2.81. The molecule has 2 fully saturated rings. The molecule has 0 radical (unpaired) electrons. The first-order valence-electron chi connectivity index (χ1n) is 8.39. The Hall–Kier alpha value is -1.63. The Morgan fingerprint density at radius 2 is 2.13 bits per heavy atom. The minimum atomic E-state index is -0.474. The van der Waals surface area contributed by atoms with Crippen molar-refractivity contribution in [3.05, 3.63) is 11.7 Å². The molecule has 2 atom stereocenters. The van der Waals surface area contributed by atoms with Gasteiger partial charge in [-0.2, -0.15) is 4.98 Å². The van der Waals surface area contributed by atoms with E-state index in [1.165, 1.54) is 12.8 Å². The van der Waals surface area contributed by atoms with Crippen molar-refractivity contribution in [2.24, 2.45) is 0 Å². The molecule has 1 aromatic heterocycles. The van der Waals surface area contributed by atoms with E-state index in [1.807, 2.05) is 20.8 Å². The molecule has 2 heterocycles. The first-order chi connectivity index (χ1) is 10.8. The molecule has 7 heteroatoms. The van der Waals surface area contributed by atoms with Crippen LogP contribution in [0.2, 0.25) is 0 Å². The number of carbonyl (C=O) groups is 1. The maximum Gasteiger partial charge on any atom is 0.407 e. The summed E-state index contributed by atoms with van der Waals surface area (Å²) in [5.74, 6) is 2.01. The van der Waals surface area contributed by atoms with E-state index in [1.54, 1.807) is 0 Å². The Morgan fingerprint density at radius 1 is 1.39 bits per heavy atom. The van der Waals surface area contributed by atoms with E-state index < -0.39 is 5.60 Å². The summed E-state index contributed by atoms with van der Waals surface area (Å²) in [6.45, 7) is 9.32. The average Bonchev–Trinajstić information content (AvgIpc) is 2.99. The van der Waals surface area contributed by atoms with Crippen molar-refractivity contribution in [2.45, 2.75) is 70.6 Å². The average molecular weight is 322 g/mol. The molecular formula is C16H26N4O3. The minimum absolute atomic E-state index is 0.0698. The lowest BCUT2D eigenvalue weighted by atomic mass is 10.2. The predicted octanol–water partition coefficient (Wildman–Crippen LogP) is 2.61. The van der Waals surface area contributed by atoms with Gasteiger partial charge in [-0.1, -0.05) is 5.16 Å². The summed E-state index contributed by atoms with van der Waals surface area (Å²) < 4.78 is 10.7. The van der Waals surface area contributed by atoms with Crippen molar-refractivity contribution in [1.29, 1.82) is 0 Å². The second-order valence-corrected chi connectivity index (χ2v) is 7.57. The lowest BCUT2D eigenvalue weighted by Gasteiger charge is -2.23. The molecule has 1 amide bonds. The summed E-state index contributed by atoms with van der Waals surface area (Å²) in [4.78, 5) is 18.6. The van der Waals surface area contributed by atoms with Gasteiger partial charge in [0.1, 0.15) is 5.60 Å². The lowest BCUT2D eigenvalue weighted by molar-refractivity contribution is 0.0504. The molecule has 23 heavy (non-hydrogen) atoms. The second kappa shape index (κ2) is 6.11. The standard InChI is InChI=1S/C16H26N4O3/c1-10(14-18-13(19-23-14)11-5-6-11)20-8-7-12(9-20)17-15(21)22-16(2,3)4/h10-12H,5-9H2,1-4H3,(H,17,21)/t10-,12-/m0/s1. The van der Waals surface area contributed by atoms with Crippen LogP contribution >= 0.6 is 0 Å². The van der Waals surface area contributed by atoms with Crippen LogP contribution in [0.1, 0.15) is 70.6 Å². The highest BCUT2D eigenvalue weighted by molar-refractivity contribution is 5.68. The smallest absolute Gasteiger partial charge is 0.407 e. The largest absolute Gasteiger partial charge is 0.444 e. The van der Waals surface area contributed by atoms with Crippen molar-refractivity contribution in [3.63, 3.8) is 0 Å². The zero-order valence-electron chi connectivity index (χ0n) is 14.3. The molecule has 1 saturated heterocycles. The van der Waals surface area contributed by atoms with Gasteiger partial charge in [0, 0.05) is 25.0 Å². The molecule has 1 aromatic rings. The van der Waals surface area contributed by atoms with Crippen LogP contribution in [0.25, 0.3) is 0 Å². The SMILES string of the molecule is C[C@@H](c1nc(C2CC2)no1)N1CC[C@H](NC(=O)OC(C)(C)C)C1. The Bertz CT molecular complexity index is 562. The van der Waals surface area contributed by atoms with Gasteiger partial charge < -0.3 is 14.6 Å². The Morgan fingerprint density at radius 3 is 2.78 bits per heavy atom. The van der Waals surface area contributed by atoms with Gasteiger partial charge in [-0.25, -0.2) is 4.79 Å². The molecule has 7 nitrogen and oxygen atoms in total. The van der Waals surface area contributed by atoms with E-state index in [0.29, 0.717) is 11.8 Å². The van der Waals surface area contributed by atoms with Gasteiger partial charge >= 0.3 is 6.09 Å². The van der Waals surface area contributed by atoms with Gasteiger partial charge in [0.2, 0.25) is 5.89 Å². The molecule has 1 aliphatic heterocycles. The maximum atomic E-state index is 11.9. The van der Waals surface area contributed by atoms with E-state index in [4.69, 9.17) is 9.26 Å². The molecule has 0 spiro atoms. The number of aromatic nitrogens is 2. The highest BCUT2D eigenvalue weighted by atomic mass is 16.6. The maximum absolute atomic E-state index is 11.9. The topological polar surface area (TPSA) is 80.5 Å². The molecule has 2 aliphatic rings. The van der Waals surface area contributed by atoms with Crippen molar-refractivity contribution in [1.82, 2.24) is 20.4 Å². The van der Waals surface area contributed by atoms with Crippen LogP contribution in [0, 0.1) is 0 Å². The predicted molar refractivity (Wildman–Crippen MR) is 84.0 cm³/mol. The summed E-state index contributed by atoms with van der Waals surface area (Å²) >= 11 is 0. The quantitative estimate of drug-likeness (QED) is 0.918. The zero-order chi connectivity index (χ0) is 16.6. The number of carbonyl (C=O) groups excluding carboxylic acids is 1. The molecule has 0 unspecified atom stereocenters. The number of amides is 1. The minimum Gasteiger partial charge on any atom is -0.444 e. The number of hydrogen-bond acceptors (Lipinski definition) is 6. The van der Waals surface area contributed by atoms with Crippen molar-refractivity contribution in [2.75, 3.05) is 13.1 Å². The fraction of sp³-hybridized carbons (Fsp3) is 0.812. The van der Waals surface area contributed by atoms with E-state index in [-0.39, 0.29) is 18.2 Å². The molecule has 1 aliphatic carbocycles. The van der Waals surface area contributed by atoms with Gasteiger partial charge in [0.15, 0.2) is 5.82 Å². The molecule has 1 N–H and O–H groups in total. The number of nitrogens with zero attached hydrogens (tertiary/aromatic N) is 3. The molecule has 0 bridgehead atoms. The Balaban J connectivity index is 1.51. The third-order valence-electron chi connectivity index (χ3n) is 4.25. The molecule has 0 aromatic carbocycles. The molecule has 1 saturated carbocycles. The van der Waals surface area contributed by atoms with Crippen molar-refractivity contribution < 1.29 is 14.1 Å². The zero-order valence-corrected chi connectivity index (χ0v) is 14.3. The number of hydrogen-bond donors (Lipinski definition) is 1. The number of alkyl carbamates (subject to hydrolysis) is 1. The first-order valence-corrected chi connectivity index (χ1v) is 8.39. The number of likely N-dealkylation sites (tertiary alicyclic amines) is 1. The monoisotopic (exact) mass is 322 g/mol. The highest BCUT2D eigenvalue weighted by Crippen LogP contribution is 2.38. The van der Waals surface area contributed by atoms with Gasteiger partial charge in [0.25, 0.3) is 0 Å². The van der Waals surface area contributed by atoms with E-state index >= 15 is 0 Å². The van der Waals surface area contributed by atoms with Crippen LogP contribution in [0.3, 0.4) is 0 Å². The van der Waals surface area contributed by atoms with Gasteiger partial charge in [-0.15, -0.1) is 0 Å². The van der Waals surface area contributed by atoms with Gasteiger partial charge in [-0.05, 0) is 47.0 Å². The summed E-state index contributed by atoms with van der Waals surface area (Å²) in [7, 11) is 0. The molecular weight excluding hydrogens is 296 g/mol. The first kappa shape index (κ1) is 16.2. The normalized spacial score (nSPS) is 23.7. The fourth-order valence-electron chi connectivity index (χ4n) is 2.81. The summed E-state index contributed by atoms with van der Waals surface area (Å²) in [5, 5.41) is 7.01. The van der Waals surface area contributed by atoms with Crippen molar-refractivity contribution in [3.8, 4) is 0 Å². The van der Waals surface area contributed by atoms with Crippen LogP contribution < -0.4 is 5.32 Å². The van der Waals surface area contributed by atoms with Crippen LogP contribution in [0.4, 0.5) is 4.79 Å². The third kappa shape index (κ3) is 4.22. The summed E-state index contributed by atoms with van der Waals surface area (Å²) in [5.41, 5.74) is -0.474. The van der Waals surface area contributed by atoms with E-state index in [0.717, 1.165) is 25.3 Å². The van der Waals surface area contributed by atoms with Crippen LogP contribution in [-0.4, -0.2) is 45.9 Å². The Kier molecular flexibility index (Phi) is 4.31. The van der Waals surface area contributed by atoms with Crippen LogP contribution in [0.5, 0.6) is 0 Å². The number of rotatable bonds is 4. The van der Waals surface area contributed by atoms with Gasteiger partial charge in [0.05, 0.1) is 6.04 Å². The van der Waals surface area contributed by atoms with E-state index in [9.17, 15) is 4.79 Å².